The minimum atomic E-state index is -0.763. The van der Waals surface area contributed by atoms with E-state index in [1.54, 1.807) is 6.07 Å². The molecule has 2 aromatic carbocycles. The van der Waals surface area contributed by atoms with E-state index in [4.69, 9.17) is 11.6 Å². The lowest BCUT2D eigenvalue weighted by molar-refractivity contribution is 0.102. The Morgan fingerprint density at radius 1 is 1.11 bits per heavy atom. The Morgan fingerprint density at radius 2 is 1.84 bits per heavy atom. The molecular formula is C13H7BrClF2NO. The third-order valence-electron chi connectivity index (χ3n) is 2.35. The summed E-state index contributed by atoms with van der Waals surface area (Å²) in [5.74, 6) is -2.11. The van der Waals surface area contributed by atoms with Gasteiger partial charge in [0.25, 0.3) is 5.91 Å². The molecular weight excluding hydrogens is 340 g/mol. The largest absolute Gasteiger partial charge is 0.319 e. The average molecular weight is 347 g/mol. The zero-order chi connectivity index (χ0) is 14.0. The Balaban J connectivity index is 2.28. The van der Waals surface area contributed by atoms with Crippen molar-refractivity contribution >= 4 is 39.1 Å². The summed E-state index contributed by atoms with van der Waals surface area (Å²) in [5.41, 5.74) is -0.276. The number of nitrogens with one attached hydrogen (secondary N) is 1. The quantitative estimate of drug-likeness (QED) is 0.844. The summed E-state index contributed by atoms with van der Waals surface area (Å²) in [6, 6.07) is 7.72. The highest BCUT2D eigenvalue weighted by atomic mass is 79.9. The Morgan fingerprint density at radius 3 is 2.53 bits per heavy atom. The van der Waals surface area contributed by atoms with Crippen LogP contribution in [0.2, 0.25) is 5.02 Å². The third kappa shape index (κ3) is 3.30. The number of carbonyl (C=O) groups is 1. The van der Waals surface area contributed by atoms with Gasteiger partial charge in [-0.05, 0) is 36.4 Å². The van der Waals surface area contributed by atoms with E-state index < -0.39 is 17.5 Å². The number of hydrogen-bond acceptors (Lipinski definition) is 1. The van der Waals surface area contributed by atoms with Gasteiger partial charge >= 0.3 is 0 Å². The Bertz CT molecular complexity index is 649. The number of amides is 1. The number of hydrogen-bond donors (Lipinski definition) is 1. The Kier molecular flexibility index (Phi) is 4.17. The molecule has 0 aliphatic heterocycles. The van der Waals surface area contributed by atoms with E-state index in [-0.39, 0.29) is 16.3 Å². The highest BCUT2D eigenvalue weighted by Gasteiger charge is 2.14. The van der Waals surface area contributed by atoms with Crippen LogP contribution in [0.4, 0.5) is 14.5 Å². The molecule has 6 heteroatoms. The lowest BCUT2D eigenvalue weighted by Crippen LogP contribution is -2.14. The van der Waals surface area contributed by atoms with E-state index >= 15 is 0 Å². The molecule has 0 saturated carbocycles. The summed E-state index contributed by atoms with van der Waals surface area (Å²) in [6.45, 7) is 0. The van der Waals surface area contributed by atoms with Crippen molar-refractivity contribution in [2.24, 2.45) is 0 Å². The Hall–Kier alpha value is -1.46. The molecule has 19 heavy (non-hydrogen) atoms. The van der Waals surface area contributed by atoms with Crippen molar-refractivity contribution < 1.29 is 13.6 Å². The van der Waals surface area contributed by atoms with E-state index in [9.17, 15) is 13.6 Å². The van der Waals surface area contributed by atoms with Crippen LogP contribution in [0.15, 0.2) is 40.9 Å². The van der Waals surface area contributed by atoms with Crippen LogP contribution < -0.4 is 5.32 Å². The molecule has 0 radical (unpaired) electrons. The minimum absolute atomic E-state index is 0.0347. The summed E-state index contributed by atoms with van der Waals surface area (Å²) < 4.78 is 27.5. The fraction of sp³-hybridized carbons (Fsp3) is 0. The minimum Gasteiger partial charge on any atom is -0.319 e. The highest BCUT2D eigenvalue weighted by molar-refractivity contribution is 9.10. The molecule has 0 fully saturated rings. The molecule has 2 nitrogen and oxygen atoms in total. The van der Waals surface area contributed by atoms with Gasteiger partial charge in [-0.25, -0.2) is 8.78 Å². The van der Waals surface area contributed by atoms with Crippen molar-refractivity contribution in [3.05, 3.63) is 63.1 Å². The molecule has 2 rings (SSSR count). The van der Waals surface area contributed by atoms with E-state index in [2.05, 4.69) is 21.2 Å². The number of benzene rings is 2. The van der Waals surface area contributed by atoms with Crippen molar-refractivity contribution in [3.63, 3.8) is 0 Å². The van der Waals surface area contributed by atoms with Gasteiger partial charge in [0.2, 0.25) is 0 Å². The van der Waals surface area contributed by atoms with Gasteiger partial charge in [0.15, 0.2) is 0 Å². The number of carbonyl (C=O) groups excluding carboxylic acids is 1. The normalized spacial score (nSPS) is 10.3. The SMILES string of the molecule is O=C(Nc1ccc(Br)cc1F)c1cc(Cl)ccc1F. The maximum Gasteiger partial charge on any atom is 0.258 e. The van der Waals surface area contributed by atoms with Crippen LogP contribution in [-0.4, -0.2) is 5.91 Å². The molecule has 2 aromatic rings. The molecule has 0 saturated heterocycles. The highest BCUT2D eigenvalue weighted by Crippen LogP contribution is 2.21. The first-order valence-electron chi connectivity index (χ1n) is 5.19. The lowest BCUT2D eigenvalue weighted by atomic mass is 10.2. The maximum atomic E-state index is 13.5. The fourth-order valence-electron chi connectivity index (χ4n) is 1.45. The summed E-state index contributed by atoms with van der Waals surface area (Å²) >= 11 is 8.79. The topological polar surface area (TPSA) is 29.1 Å². The molecule has 98 valence electrons. The molecule has 0 aliphatic rings. The van der Waals surface area contributed by atoms with E-state index in [1.165, 1.54) is 24.3 Å². The second-order valence-electron chi connectivity index (χ2n) is 3.70. The molecule has 0 aromatic heterocycles. The predicted octanol–water partition coefficient (Wildman–Crippen LogP) is 4.63. The standard InChI is InChI=1S/C13H7BrClF2NO/c14-7-1-4-12(11(17)5-7)18-13(19)9-6-8(15)2-3-10(9)16/h1-6H,(H,18,19). The average Bonchev–Trinajstić information content (AvgIpc) is 2.35. The van der Waals surface area contributed by atoms with Gasteiger partial charge in [-0.15, -0.1) is 0 Å². The van der Waals surface area contributed by atoms with Crippen LogP contribution in [0.3, 0.4) is 0 Å². The van der Waals surface area contributed by atoms with Gasteiger partial charge in [0.1, 0.15) is 11.6 Å². The van der Waals surface area contributed by atoms with Gasteiger partial charge in [-0.1, -0.05) is 27.5 Å². The molecule has 0 heterocycles. The van der Waals surface area contributed by atoms with Gasteiger partial charge in [-0.3, -0.25) is 4.79 Å². The first-order chi connectivity index (χ1) is 8.97. The van der Waals surface area contributed by atoms with E-state index in [1.807, 2.05) is 0 Å². The van der Waals surface area contributed by atoms with Gasteiger partial charge in [0, 0.05) is 9.50 Å². The first-order valence-corrected chi connectivity index (χ1v) is 6.36. The van der Waals surface area contributed by atoms with Crippen molar-refractivity contribution in [3.8, 4) is 0 Å². The molecule has 1 amide bonds. The molecule has 0 spiro atoms. The van der Waals surface area contributed by atoms with Crippen LogP contribution in [0.5, 0.6) is 0 Å². The summed E-state index contributed by atoms with van der Waals surface area (Å²) in [4.78, 5) is 11.8. The fourth-order valence-corrected chi connectivity index (χ4v) is 1.96. The molecule has 1 N–H and O–H groups in total. The van der Waals surface area contributed by atoms with Crippen LogP contribution in [0.25, 0.3) is 0 Å². The first kappa shape index (κ1) is 14.0. The van der Waals surface area contributed by atoms with Gasteiger partial charge < -0.3 is 5.32 Å². The smallest absolute Gasteiger partial charge is 0.258 e. The zero-order valence-electron chi connectivity index (χ0n) is 9.38. The molecule has 0 atom stereocenters. The number of rotatable bonds is 2. The molecule has 0 unspecified atom stereocenters. The van der Waals surface area contributed by atoms with Crippen molar-refractivity contribution in [1.29, 1.82) is 0 Å². The monoisotopic (exact) mass is 345 g/mol. The lowest BCUT2D eigenvalue weighted by Gasteiger charge is -2.07. The zero-order valence-corrected chi connectivity index (χ0v) is 11.7. The van der Waals surface area contributed by atoms with Crippen LogP contribution in [0.1, 0.15) is 10.4 Å². The second-order valence-corrected chi connectivity index (χ2v) is 5.05. The van der Waals surface area contributed by atoms with Crippen LogP contribution >= 0.6 is 27.5 Å². The van der Waals surface area contributed by atoms with E-state index in [0.717, 1.165) is 6.07 Å². The van der Waals surface area contributed by atoms with Crippen molar-refractivity contribution in [2.75, 3.05) is 5.32 Å². The van der Waals surface area contributed by atoms with Crippen molar-refractivity contribution in [1.82, 2.24) is 0 Å². The third-order valence-corrected chi connectivity index (χ3v) is 3.08. The van der Waals surface area contributed by atoms with Crippen molar-refractivity contribution in [2.45, 2.75) is 0 Å². The summed E-state index contributed by atoms with van der Waals surface area (Å²) in [5, 5.41) is 2.51. The molecule has 0 bridgehead atoms. The summed E-state index contributed by atoms with van der Waals surface area (Å²) in [7, 11) is 0. The Labute approximate surface area is 121 Å². The van der Waals surface area contributed by atoms with E-state index in [0.29, 0.717) is 4.47 Å². The molecule has 0 aliphatic carbocycles. The number of anilines is 1. The predicted molar refractivity (Wildman–Crippen MR) is 73.5 cm³/mol. The second kappa shape index (κ2) is 5.67. The van der Waals surface area contributed by atoms with Crippen LogP contribution in [0, 0.1) is 11.6 Å². The van der Waals surface area contributed by atoms with Gasteiger partial charge in [0.05, 0.1) is 11.3 Å². The number of halogens is 4. The summed E-state index contributed by atoms with van der Waals surface area (Å²) in [6.07, 6.45) is 0. The maximum absolute atomic E-state index is 13.5. The van der Waals surface area contributed by atoms with Crippen LogP contribution in [-0.2, 0) is 0 Å². The van der Waals surface area contributed by atoms with Gasteiger partial charge in [-0.2, -0.15) is 0 Å².